The van der Waals surface area contributed by atoms with Crippen molar-refractivity contribution in [2.24, 2.45) is 0 Å². The summed E-state index contributed by atoms with van der Waals surface area (Å²) < 4.78 is 32.8. The Morgan fingerprint density at radius 2 is 2.00 bits per heavy atom. The van der Waals surface area contributed by atoms with E-state index in [1.165, 1.54) is 7.11 Å². The first-order chi connectivity index (χ1) is 12.8. The van der Waals surface area contributed by atoms with Gasteiger partial charge in [0.2, 0.25) is 0 Å². The minimum Gasteiger partial charge on any atom is -0.482 e. The Kier molecular flexibility index (Phi) is 6.55. The maximum atomic E-state index is 13.9. The fourth-order valence-electron chi connectivity index (χ4n) is 2.74. The van der Waals surface area contributed by atoms with Gasteiger partial charge in [-0.1, -0.05) is 13.0 Å². The zero-order chi connectivity index (χ0) is 20.1. The van der Waals surface area contributed by atoms with Crippen LogP contribution in [0.3, 0.4) is 0 Å². The van der Waals surface area contributed by atoms with Crippen LogP contribution < -0.4 is 5.32 Å². The number of carbonyl (C=O) groups excluding carboxylic acids is 1. The average Bonchev–Trinajstić information content (AvgIpc) is 2.65. The Morgan fingerprint density at radius 3 is 2.59 bits per heavy atom. The zero-order valence-corrected chi connectivity index (χ0v) is 16.2. The summed E-state index contributed by atoms with van der Waals surface area (Å²) in [6.45, 7) is 7.64. The van der Waals surface area contributed by atoms with Crippen LogP contribution >= 0.6 is 0 Å². The number of amides is 1. The molecule has 0 unspecified atom stereocenters. The molecule has 1 aromatic carbocycles. The first kappa shape index (κ1) is 20.4. The second-order valence-corrected chi connectivity index (χ2v) is 6.18. The Labute approximate surface area is 158 Å². The largest absolute Gasteiger partial charge is 0.482 e. The van der Waals surface area contributed by atoms with Crippen molar-refractivity contribution in [1.82, 2.24) is 4.90 Å². The summed E-state index contributed by atoms with van der Waals surface area (Å²) in [7, 11) is 1.52. The molecule has 0 aromatic heterocycles. The summed E-state index contributed by atoms with van der Waals surface area (Å²) in [6.07, 6.45) is 6.16. The maximum absolute atomic E-state index is 13.9. The van der Waals surface area contributed by atoms with Crippen molar-refractivity contribution in [2.45, 2.75) is 34.1 Å². The Hall–Kier alpha value is -2.89. The van der Waals surface area contributed by atoms with Crippen LogP contribution in [0.4, 0.5) is 14.5 Å². The van der Waals surface area contributed by atoms with E-state index in [0.29, 0.717) is 5.88 Å². The second-order valence-electron chi connectivity index (χ2n) is 6.18. The standard InChI is InChI=1S/C21H24F2N2O2/c1-6-14(4)19-10-13(3)11-20(27-5)25(19)18(7-2)21(26)24-17-12-15(22)8-9-16(17)23/h7-12H,6H2,1-5H3,(H,24,26)/b18-7-,19-14+. The van der Waals surface area contributed by atoms with Crippen LogP contribution in [0.2, 0.25) is 0 Å². The highest BCUT2D eigenvalue weighted by molar-refractivity contribution is 6.03. The molecule has 0 atom stereocenters. The molecule has 144 valence electrons. The lowest BCUT2D eigenvalue weighted by Gasteiger charge is -2.32. The van der Waals surface area contributed by atoms with Gasteiger partial charge in [-0.05, 0) is 56.5 Å². The van der Waals surface area contributed by atoms with Gasteiger partial charge in [0, 0.05) is 17.8 Å². The lowest BCUT2D eigenvalue weighted by Crippen LogP contribution is -2.32. The van der Waals surface area contributed by atoms with Gasteiger partial charge in [0.15, 0.2) is 5.88 Å². The summed E-state index contributed by atoms with van der Waals surface area (Å²) in [5.41, 5.74) is 2.89. The second kappa shape index (κ2) is 8.66. The fourth-order valence-corrected chi connectivity index (χ4v) is 2.74. The van der Waals surface area contributed by atoms with Crippen molar-refractivity contribution < 1.29 is 18.3 Å². The molecule has 4 nitrogen and oxygen atoms in total. The third-order valence-electron chi connectivity index (χ3n) is 4.28. The van der Waals surface area contributed by atoms with Crippen molar-refractivity contribution >= 4 is 11.6 Å². The van der Waals surface area contributed by atoms with E-state index >= 15 is 0 Å². The van der Waals surface area contributed by atoms with Crippen molar-refractivity contribution in [3.8, 4) is 0 Å². The Bertz CT molecular complexity index is 867. The molecule has 27 heavy (non-hydrogen) atoms. The molecule has 2 rings (SSSR count). The third kappa shape index (κ3) is 4.45. The van der Waals surface area contributed by atoms with Crippen LogP contribution in [0.25, 0.3) is 0 Å². The molecule has 0 saturated carbocycles. The predicted octanol–water partition coefficient (Wildman–Crippen LogP) is 5.24. The lowest BCUT2D eigenvalue weighted by molar-refractivity contribution is -0.114. The van der Waals surface area contributed by atoms with E-state index in [1.807, 2.05) is 32.9 Å². The molecule has 0 bridgehead atoms. The number of benzene rings is 1. The van der Waals surface area contributed by atoms with Gasteiger partial charge in [-0.2, -0.15) is 0 Å². The van der Waals surface area contributed by atoms with Crippen molar-refractivity contribution in [1.29, 1.82) is 0 Å². The van der Waals surface area contributed by atoms with E-state index in [0.717, 1.165) is 41.5 Å². The van der Waals surface area contributed by atoms with E-state index < -0.39 is 17.5 Å². The number of allylic oxidation sites excluding steroid dienone is 5. The van der Waals surface area contributed by atoms with Crippen molar-refractivity contribution in [2.75, 3.05) is 12.4 Å². The van der Waals surface area contributed by atoms with Crippen molar-refractivity contribution in [3.05, 3.63) is 76.5 Å². The van der Waals surface area contributed by atoms with Crippen LogP contribution in [-0.4, -0.2) is 17.9 Å². The topological polar surface area (TPSA) is 41.6 Å². The fraction of sp³-hybridized carbons (Fsp3) is 0.286. The van der Waals surface area contributed by atoms with E-state index in [2.05, 4.69) is 5.32 Å². The quantitative estimate of drug-likeness (QED) is 0.717. The van der Waals surface area contributed by atoms with Crippen molar-refractivity contribution in [3.63, 3.8) is 0 Å². The number of carbonyl (C=O) groups is 1. The summed E-state index contributed by atoms with van der Waals surface area (Å²) in [5.74, 6) is -1.44. The number of nitrogens with one attached hydrogen (secondary N) is 1. The number of hydrogen-bond acceptors (Lipinski definition) is 3. The number of rotatable bonds is 5. The molecule has 0 radical (unpaired) electrons. The SMILES string of the molecule is C/C=C(/C(=O)Nc1cc(F)ccc1F)N1C(OC)=CC(C)=C/C1=C(/C)CC. The minimum atomic E-state index is -0.711. The smallest absolute Gasteiger partial charge is 0.272 e. The molecule has 1 aliphatic heterocycles. The van der Waals surface area contributed by atoms with Gasteiger partial charge in [0.05, 0.1) is 12.8 Å². The van der Waals surface area contributed by atoms with Gasteiger partial charge in [0.1, 0.15) is 17.3 Å². The number of hydrogen-bond donors (Lipinski definition) is 1. The number of ether oxygens (including phenoxy) is 1. The van der Waals surface area contributed by atoms with Gasteiger partial charge in [-0.3, -0.25) is 9.69 Å². The summed E-state index contributed by atoms with van der Waals surface area (Å²) in [5, 5.41) is 2.44. The molecule has 6 heteroatoms. The molecule has 0 aliphatic carbocycles. The van der Waals surface area contributed by atoms with Crippen LogP contribution in [-0.2, 0) is 9.53 Å². The van der Waals surface area contributed by atoms with E-state index in [4.69, 9.17) is 4.74 Å². The highest BCUT2D eigenvalue weighted by Gasteiger charge is 2.27. The Morgan fingerprint density at radius 1 is 1.30 bits per heavy atom. The molecule has 1 amide bonds. The molecule has 0 spiro atoms. The molecular weight excluding hydrogens is 350 g/mol. The lowest BCUT2D eigenvalue weighted by atomic mass is 10.0. The molecule has 1 N–H and O–H groups in total. The monoisotopic (exact) mass is 374 g/mol. The van der Waals surface area contributed by atoms with Gasteiger partial charge in [-0.25, -0.2) is 8.78 Å². The van der Waals surface area contributed by atoms with E-state index in [-0.39, 0.29) is 11.4 Å². The summed E-state index contributed by atoms with van der Waals surface area (Å²) in [6, 6.07) is 2.92. The van der Waals surface area contributed by atoms with Crippen LogP contribution in [0.5, 0.6) is 0 Å². The van der Waals surface area contributed by atoms with Gasteiger partial charge >= 0.3 is 0 Å². The zero-order valence-electron chi connectivity index (χ0n) is 16.2. The predicted molar refractivity (Wildman–Crippen MR) is 102 cm³/mol. The average molecular weight is 374 g/mol. The Balaban J connectivity index is 2.46. The van der Waals surface area contributed by atoms with E-state index in [1.54, 1.807) is 17.9 Å². The highest BCUT2D eigenvalue weighted by Crippen LogP contribution is 2.31. The molecular formula is C21H24F2N2O2. The summed E-state index contributed by atoms with van der Waals surface area (Å²) in [4.78, 5) is 14.5. The number of halogens is 2. The number of methoxy groups -OCH3 is 1. The molecule has 0 fully saturated rings. The minimum absolute atomic E-state index is 0.219. The van der Waals surface area contributed by atoms with Gasteiger partial charge < -0.3 is 10.1 Å². The molecule has 1 heterocycles. The third-order valence-corrected chi connectivity index (χ3v) is 4.28. The maximum Gasteiger partial charge on any atom is 0.272 e. The van der Waals surface area contributed by atoms with Crippen LogP contribution in [0, 0.1) is 11.6 Å². The molecule has 1 aromatic rings. The number of anilines is 1. The van der Waals surface area contributed by atoms with Gasteiger partial charge in [-0.15, -0.1) is 0 Å². The normalized spacial score (nSPS) is 16.6. The number of nitrogens with zero attached hydrogens (tertiary/aromatic N) is 1. The van der Waals surface area contributed by atoms with Crippen LogP contribution in [0.1, 0.15) is 34.1 Å². The summed E-state index contributed by atoms with van der Waals surface area (Å²) >= 11 is 0. The molecule has 1 aliphatic rings. The molecule has 0 saturated heterocycles. The first-order valence-electron chi connectivity index (χ1n) is 8.68. The highest BCUT2D eigenvalue weighted by atomic mass is 19.1. The van der Waals surface area contributed by atoms with E-state index in [9.17, 15) is 13.6 Å². The van der Waals surface area contributed by atoms with Crippen LogP contribution in [0.15, 0.2) is 64.9 Å². The van der Waals surface area contributed by atoms with Gasteiger partial charge in [0.25, 0.3) is 5.91 Å². The first-order valence-corrected chi connectivity index (χ1v) is 8.68.